The van der Waals surface area contributed by atoms with Crippen LogP contribution in [0.2, 0.25) is 0 Å². The first-order valence-electron chi connectivity index (χ1n) is 11.7. The third-order valence-electron chi connectivity index (χ3n) is 9.91. The molecular weight excluding hydrogens is 334 g/mol. The smallest absolute Gasteiger partial charge is 0.0751 e. The van der Waals surface area contributed by atoms with Crippen LogP contribution in [0.3, 0.4) is 0 Å². The van der Waals surface area contributed by atoms with Gasteiger partial charge in [0.2, 0.25) is 0 Å². The lowest BCUT2D eigenvalue weighted by Crippen LogP contribution is -2.52. The van der Waals surface area contributed by atoms with Crippen molar-refractivity contribution in [2.75, 3.05) is 13.1 Å². The summed E-state index contributed by atoms with van der Waals surface area (Å²) in [6.45, 7) is 7.29. The van der Waals surface area contributed by atoms with Crippen molar-refractivity contribution in [3.8, 4) is 0 Å². The Hall–Kier alpha value is -0.380. The van der Waals surface area contributed by atoms with Gasteiger partial charge in [0.15, 0.2) is 0 Å². The molecule has 0 unspecified atom stereocenters. The summed E-state index contributed by atoms with van der Waals surface area (Å²) in [4.78, 5) is 2.63. The molecule has 0 amide bonds. The lowest BCUT2D eigenvalue weighted by molar-refractivity contribution is -0.0782. The van der Waals surface area contributed by atoms with Crippen molar-refractivity contribution in [1.29, 1.82) is 0 Å². The maximum Gasteiger partial charge on any atom is 0.0751 e. The van der Waals surface area contributed by atoms with Crippen molar-refractivity contribution in [2.24, 2.45) is 28.6 Å². The summed E-state index contributed by atoms with van der Waals surface area (Å²) < 4.78 is 0. The SMILES string of the molecule is C[C@]12CC[C@H]3[C@@H](CC=C4C[C@@H](O)CC[C@@]43C)[C@@H]1C[C@H](N1CCCCC1)[C@@H]2O. The average molecular weight is 374 g/mol. The first-order chi connectivity index (χ1) is 12.9. The molecule has 2 N–H and O–H groups in total. The topological polar surface area (TPSA) is 43.7 Å². The minimum absolute atomic E-state index is 0.110. The van der Waals surface area contributed by atoms with Gasteiger partial charge in [-0.05, 0) is 99.5 Å². The zero-order valence-corrected chi connectivity index (χ0v) is 17.4. The van der Waals surface area contributed by atoms with Crippen LogP contribution in [-0.2, 0) is 0 Å². The predicted octanol–water partition coefficient (Wildman–Crippen LogP) is 4.14. The summed E-state index contributed by atoms with van der Waals surface area (Å²) in [7, 11) is 0. The van der Waals surface area contributed by atoms with Gasteiger partial charge in [-0.25, -0.2) is 0 Å². The minimum atomic E-state index is -0.145. The molecule has 0 aromatic heterocycles. The van der Waals surface area contributed by atoms with Gasteiger partial charge >= 0.3 is 0 Å². The maximum absolute atomic E-state index is 11.4. The molecule has 152 valence electrons. The van der Waals surface area contributed by atoms with Crippen LogP contribution in [0, 0.1) is 28.6 Å². The minimum Gasteiger partial charge on any atom is -0.393 e. The van der Waals surface area contributed by atoms with E-state index in [0.717, 1.165) is 31.1 Å². The average Bonchev–Trinajstić information content (AvgIpc) is 2.94. The lowest BCUT2D eigenvalue weighted by Gasteiger charge is -2.57. The van der Waals surface area contributed by atoms with E-state index in [2.05, 4.69) is 24.8 Å². The predicted molar refractivity (Wildman–Crippen MR) is 108 cm³/mol. The highest BCUT2D eigenvalue weighted by molar-refractivity contribution is 5.26. The number of nitrogens with zero attached hydrogens (tertiary/aromatic N) is 1. The Morgan fingerprint density at radius 3 is 2.56 bits per heavy atom. The number of aliphatic hydroxyl groups is 2. The Morgan fingerprint density at radius 1 is 1.00 bits per heavy atom. The summed E-state index contributed by atoms with van der Waals surface area (Å²) in [6, 6.07) is 0.394. The van der Waals surface area contributed by atoms with E-state index < -0.39 is 0 Å². The summed E-state index contributed by atoms with van der Waals surface area (Å²) >= 11 is 0. The Bertz CT molecular complexity index is 612. The second-order valence-electron chi connectivity index (χ2n) is 11.0. The van der Waals surface area contributed by atoms with Crippen LogP contribution in [0.1, 0.15) is 78.1 Å². The van der Waals surface area contributed by atoms with Gasteiger partial charge in [-0.1, -0.05) is 31.9 Å². The molecule has 5 aliphatic rings. The Labute approximate surface area is 165 Å². The molecule has 0 radical (unpaired) electrons. The van der Waals surface area contributed by atoms with E-state index in [9.17, 15) is 10.2 Å². The van der Waals surface area contributed by atoms with Crippen molar-refractivity contribution in [1.82, 2.24) is 4.90 Å². The number of piperidine rings is 1. The summed E-state index contributed by atoms with van der Waals surface area (Å²) in [5, 5.41) is 21.6. The molecule has 1 heterocycles. The van der Waals surface area contributed by atoms with Gasteiger partial charge < -0.3 is 10.2 Å². The van der Waals surface area contributed by atoms with Crippen molar-refractivity contribution in [3.63, 3.8) is 0 Å². The van der Waals surface area contributed by atoms with E-state index in [0.29, 0.717) is 17.4 Å². The first kappa shape index (κ1) is 18.6. The van der Waals surface area contributed by atoms with Gasteiger partial charge in [-0.15, -0.1) is 0 Å². The van der Waals surface area contributed by atoms with Crippen molar-refractivity contribution >= 4 is 0 Å². The molecule has 8 atom stereocenters. The van der Waals surface area contributed by atoms with Gasteiger partial charge in [0.1, 0.15) is 0 Å². The number of hydrogen-bond acceptors (Lipinski definition) is 3. The van der Waals surface area contributed by atoms with Crippen molar-refractivity contribution in [3.05, 3.63) is 11.6 Å². The summed E-state index contributed by atoms with van der Waals surface area (Å²) in [6.07, 6.45) is 14.1. The molecule has 0 spiro atoms. The number of aliphatic hydroxyl groups excluding tert-OH is 2. The molecule has 4 fully saturated rings. The van der Waals surface area contributed by atoms with Crippen LogP contribution in [-0.4, -0.2) is 46.5 Å². The van der Waals surface area contributed by atoms with E-state index >= 15 is 0 Å². The van der Waals surface area contributed by atoms with E-state index in [1.807, 2.05) is 0 Å². The zero-order chi connectivity index (χ0) is 18.8. The fourth-order valence-electron chi connectivity index (χ4n) is 8.23. The second kappa shape index (κ2) is 6.57. The van der Waals surface area contributed by atoms with E-state index in [4.69, 9.17) is 0 Å². The summed E-state index contributed by atoms with van der Waals surface area (Å²) in [5.41, 5.74) is 1.97. The number of rotatable bonds is 1. The normalized spacial score (nSPS) is 53.3. The van der Waals surface area contributed by atoms with Crippen molar-refractivity contribution < 1.29 is 10.2 Å². The van der Waals surface area contributed by atoms with Gasteiger partial charge in [0.25, 0.3) is 0 Å². The third-order valence-corrected chi connectivity index (χ3v) is 9.91. The molecule has 4 aliphatic carbocycles. The molecule has 1 aliphatic heterocycles. The first-order valence-corrected chi connectivity index (χ1v) is 11.7. The molecule has 0 aromatic rings. The number of allylic oxidation sites excluding steroid dienone is 1. The van der Waals surface area contributed by atoms with Gasteiger partial charge in [-0.3, -0.25) is 4.90 Å². The van der Waals surface area contributed by atoms with Crippen LogP contribution in [0.5, 0.6) is 0 Å². The van der Waals surface area contributed by atoms with Crippen LogP contribution in [0.25, 0.3) is 0 Å². The fraction of sp³-hybridized carbons (Fsp3) is 0.917. The Kier molecular flexibility index (Phi) is 4.53. The molecule has 5 rings (SSSR count). The molecule has 3 heteroatoms. The highest BCUT2D eigenvalue weighted by Crippen LogP contribution is 2.65. The van der Waals surface area contributed by atoms with Gasteiger partial charge in [-0.2, -0.15) is 0 Å². The molecule has 0 aromatic carbocycles. The van der Waals surface area contributed by atoms with Crippen LogP contribution >= 0.6 is 0 Å². The van der Waals surface area contributed by atoms with E-state index in [-0.39, 0.29) is 17.6 Å². The van der Waals surface area contributed by atoms with Crippen molar-refractivity contribution in [2.45, 2.75) is 96.3 Å². The molecule has 0 bridgehead atoms. The monoisotopic (exact) mass is 373 g/mol. The lowest BCUT2D eigenvalue weighted by atomic mass is 9.48. The Morgan fingerprint density at radius 2 is 1.78 bits per heavy atom. The fourth-order valence-corrected chi connectivity index (χ4v) is 8.23. The quantitative estimate of drug-likeness (QED) is 0.679. The van der Waals surface area contributed by atoms with Gasteiger partial charge in [0, 0.05) is 6.04 Å². The number of fused-ring (bicyclic) bond motifs is 5. The van der Waals surface area contributed by atoms with Crippen LogP contribution in [0.4, 0.5) is 0 Å². The molecular formula is C24H39NO2. The summed E-state index contributed by atoms with van der Waals surface area (Å²) in [5.74, 6) is 2.16. The maximum atomic E-state index is 11.4. The molecule has 3 saturated carbocycles. The van der Waals surface area contributed by atoms with E-state index in [1.54, 1.807) is 5.57 Å². The Balaban J connectivity index is 1.43. The standard InChI is InChI=1S/C24H39NO2/c1-23-10-8-17(26)14-16(23)6-7-18-19(23)9-11-24(2)20(18)15-21(22(24)27)25-12-4-3-5-13-25/h6,17-22,26-27H,3-5,7-15H2,1-2H3/t17-,18+,19-,20-,21-,22-,23-,24-/m0/s1. The molecule has 27 heavy (non-hydrogen) atoms. The highest BCUT2D eigenvalue weighted by atomic mass is 16.3. The highest BCUT2D eigenvalue weighted by Gasteiger charge is 2.61. The van der Waals surface area contributed by atoms with Crippen LogP contribution in [0.15, 0.2) is 11.6 Å². The third kappa shape index (κ3) is 2.71. The second-order valence-corrected chi connectivity index (χ2v) is 11.0. The molecule has 1 saturated heterocycles. The number of hydrogen-bond donors (Lipinski definition) is 2. The molecule has 3 nitrogen and oxygen atoms in total. The van der Waals surface area contributed by atoms with Gasteiger partial charge in [0.05, 0.1) is 12.2 Å². The zero-order valence-electron chi connectivity index (χ0n) is 17.4. The van der Waals surface area contributed by atoms with Crippen LogP contribution < -0.4 is 0 Å². The van der Waals surface area contributed by atoms with E-state index in [1.165, 1.54) is 58.0 Å². The largest absolute Gasteiger partial charge is 0.393 e. The number of likely N-dealkylation sites (tertiary alicyclic amines) is 1.